The lowest BCUT2D eigenvalue weighted by molar-refractivity contribution is 0.340. The Morgan fingerprint density at radius 2 is 1.56 bits per heavy atom. The monoisotopic (exact) mass is 454 g/mol. The summed E-state index contributed by atoms with van der Waals surface area (Å²) in [7, 11) is -2.00. The molecule has 0 radical (unpaired) electrons. The second-order valence-electron chi connectivity index (χ2n) is 7.27. The summed E-state index contributed by atoms with van der Waals surface area (Å²) < 4.78 is 38.0. The number of rotatable bonds is 7. The molecule has 2 heterocycles. The number of hydrogen-bond donors (Lipinski definition) is 0. The number of anilines is 1. The molecule has 32 heavy (non-hydrogen) atoms. The standard InChI is InChI=1S/C23H26N4O4S/c1-3-31-20-6-4-18(5-7-20)22-12-13-24-23(25-22)26-14-16-27(17-15-26)32(28,29)21-10-8-19(30-2)9-11-21/h4-13H,3,14-17H2,1-2H3. The first-order chi connectivity index (χ1) is 15.5. The summed E-state index contributed by atoms with van der Waals surface area (Å²) in [5.74, 6) is 2.04. The fraction of sp³-hybridized carbons (Fsp3) is 0.304. The predicted octanol–water partition coefficient (Wildman–Crippen LogP) is 3.06. The van der Waals surface area contributed by atoms with Crippen LogP contribution in [0.1, 0.15) is 6.92 Å². The van der Waals surface area contributed by atoms with Crippen LogP contribution in [0.15, 0.2) is 65.7 Å². The SMILES string of the molecule is CCOc1ccc(-c2ccnc(N3CCN(S(=O)(=O)c4ccc(OC)cc4)CC3)n2)cc1. The number of hydrogen-bond acceptors (Lipinski definition) is 7. The molecule has 0 N–H and O–H groups in total. The first-order valence-corrected chi connectivity index (χ1v) is 11.9. The molecule has 3 aromatic rings. The Morgan fingerprint density at radius 1 is 0.906 bits per heavy atom. The first-order valence-electron chi connectivity index (χ1n) is 10.5. The fourth-order valence-corrected chi connectivity index (χ4v) is 5.00. The van der Waals surface area contributed by atoms with Gasteiger partial charge in [-0.15, -0.1) is 0 Å². The number of piperazine rings is 1. The van der Waals surface area contributed by atoms with E-state index in [2.05, 4.69) is 4.98 Å². The Kier molecular flexibility index (Phi) is 6.57. The van der Waals surface area contributed by atoms with Crippen LogP contribution in [0.5, 0.6) is 11.5 Å². The fourth-order valence-electron chi connectivity index (χ4n) is 3.58. The number of nitrogens with zero attached hydrogens (tertiary/aromatic N) is 4. The summed E-state index contributed by atoms with van der Waals surface area (Å²) >= 11 is 0. The third-order valence-corrected chi connectivity index (χ3v) is 7.24. The number of ether oxygens (including phenoxy) is 2. The van der Waals surface area contributed by atoms with Crippen molar-refractivity contribution in [1.29, 1.82) is 0 Å². The number of methoxy groups -OCH3 is 1. The van der Waals surface area contributed by atoms with Gasteiger partial charge in [-0.3, -0.25) is 0 Å². The Hall–Kier alpha value is -3.17. The van der Waals surface area contributed by atoms with Gasteiger partial charge in [-0.2, -0.15) is 4.31 Å². The minimum atomic E-state index is -3.55. The molecule has 1 saturated heterocycles. The van der Waals surface area contributed by atoms with Gasteiger partial charge in [-0.25, -0.2) is 18.4 Å². The van der Waals surface area contributed by atoms with Gasteiger partial charge < -0.3 is 14.4 Å². The zero-order valence-electron chi connectivity index (χ0n) is 18.1. The Morgan fingerprint density at radius 3 is 2.19 bits per heavy atom. The topological polar surface area (TPSA) is 84.9 Å². The normalized spacial score (nSPS) is 14.9. The summed E-state index contributed by atoms with van der Waals surface area (Å²) in [6, 6.07) is 16.1. The van der Waals surface area contributed by atoms with Crippen molar-refractivity contribution in [2.75, 3.05) is 44.8 Å². The van der Waals surface area contributed by atoms with Crippen LogP contribution in [0.25, 0.3) is 11.3 Å². The minimum Gasteiger partial charge on any atom is -0.497 e. The van der Waals surface area contributed by atoms with Crippen LogP contribution < -0.4 is 14.4 Å². The van der Waals surface area contributed by atoms with Crippen molar-refractivity contribution in [2.45, 2.75) is 11.8 Å². The van der Waals surface area contributed by atoms with Crippen molar-refractivity contribution in [3.63, 3.8) is 0 Å². The second kappa shape index (κ2) is 9.54. The van der Waals surface area contributed by atoms with Crippen molar-refractivity contribution >= 4 is 16.0 Å². The summed E-state index contributed by atoms with van der Waals surface area (Å²) in [5, 5.41) is 0. The van der Waals surface area contributed by atoms with Gasteiger partial charge in [0.1, 0.15) is 11.5 Å². The summed E-state index contributed by atoms with van der Waals surface area (Å²) in [4.78, 5) is 11.4. The smallest absolute Gasteiger partial charge is 0.243 e. The molecule has 1 aliphatic heterocycles. The summed E-state index contributed by atoms with van der Waals surface area (Å²) in [5.41, 5.74) is 1.78. The predicted molar refractivity (Wildman–Crippen MR) is 123 cm³/mol. The van der Waals surface area contributed by atoms with E-state index in [4.69, 9.17) is 14.5 Å². The molecule has 4 rings (SSSR count). The Balaban J connectivity index is 1.44. The van der Waals surface area contributed by atoms with Gasteiger partial charge in [0.15, 0.2) is 0 Å². The van der Waals surface area contributed by atoms with E-state index in [1.165, 1.54) is 4.31 Å². The maximum absolute atomic E-state index is 13.0. The lowest BCUT2D eigenvalue weighted by Crippen LogP contribution is -2.49. The van der Waals surface area contributed by atoms with E-state index in [1.54, 1.807) is 37.6 Å². The van der Waals surface area contributed by atoms with Crippen LogP contribution in [0.3, 0.4) is 0 Å². The Labute approximate surface area is 188 Å². The van der Waals surface area contributed by atoms with E-state index < -0.39 is 10.0 Å². The van der Waals surface area contributed by atoms with Crippen molar-refractivity contribution in [3.8, 4) is 22.8 Å². The number of aromatic nitrogens is 2. The number of benzene rings is 2. The quantitative estimate of drug-likeness (QED) is 0.542. The molecule has 168 valence electrons. The zero-order valence-corrected chi connectivity index (χ0v) is 19.0. The summed E-state index contributed by atoms with van der Waals surface area (Å²) in [6.07, 6.45) is 1.73. The molecule has 1 aromatic heterocycles. The van der Waals surface area contributed by atoms with Gasteiger partial charge in [-0.1, -0.05) is 0 Å². The molecule has 0 aliphatic carbocycles. The molecule has 0 bridgehead atoms. The molecule has 0 atom stereocenters. The lowest BCUT2D eigenvalue weighted by atomic mass is 10.1. The average Bonchev–Trinajstić information content (AvgIpc) is 2.85. The van der Waals surface area contributed by atoms with Crippen LogP contribution >= 0.6 is 0 Å². The minimum absolute atomic E-state index is 0.264. The van der Waals surface area contributed by atoms with Crippen molar-refractivity contribution < 1.29 is 17.9 Å². The summed E-state index contributed by atoms with van der Waals surface area (Å²) in [6.45, 7) is 4.34. The van der Waals surface area contributed by atoms with Crippen LogP contribution in [0.2, 0.25) is 0 Å². The van der Waals surface area contributed by atoms with Crippen LogP contribution in [-0.4, -0.2) is 62.6 Å². The lowest BCUT2D eigenvalue weighted by Gasteiger charge is -2.34. The van der Waals surface area contributed by atoms with Gasteiger partial charge in [0.25, 0.3) is 0 Å². The highest BCUT2D eigenvalue weighted by molar-refractivity contribution is 7.89. The maximum Gasteiger partial charge on any atom is 0.243 e. The van der Waals surface area contributed by atoms with E-state index >= 15 is 0 Å². The molecule has 0 saturated carbocycles. The van der Waals surface area contributed by atoms with Gasteiger partial charge in [0, 0.05) is 37.9 Å². The molecular weight excluding hydrogens is 428 g/mol. The highest BCUT2D eigenvalue weighted by atomic mass is 32.2. The zero-order chi connectivity index (χ0) is 22.6. The highest BCUT2D eigenvalue weighted by Gasteiger charge is 2.29. The molecule has 9 heteroatoms. The van der Waals surface area contributed by atoms with E-state index in [9.17, 15) is 8.42 Å². The van der Waals surface area contributed by atoms with Gasteiger partial charge in [-0.05, 0) is 61.5 Å². The Bertz CT molecular complexity index is 1140. The van der Waals surface area contributed by atoms with Crippen molar-refractivity contribution in [3.05, 3.63) is 60.8 Å². The van der Waals surface area contributed by atoms with Crippen LogP contribution in [0, 0.1) is 0 Å². The van der Waals surface area contributed by atoms with Crippen LogP contribution in [0.4, 0.5) is 5.95 Å². The molecule has 0 amide bonds. The molecule has 2 aromatic carbocycles. The largest absolute Gasteiger partial charge is 0.497 e. The van der Waals surface area contributed by atoms with Gasteiger partial charge >= 0.3 is 0 Å². The highest BCUT2D eigenvalue weighted by Crippen LogP contribution is 2.24. The van der Waals surface area contributed by atoms with Crippen molar-refractivity contribution in [2.24, 2.45) is 0 Å². The van der Waals surface area contributed by atoms with Crippen molar-refractivity contribution in [1.82, 2.24) is 14.3 Å². The second-order valence-corrected chi connectivity index (χ2v) is 9.20. The van der Waals surface area contributed by atoms with Gasteiger partial charge in [0.05, 0.1) is 24.3 Å². The first kappa shape index (κ1) is 22.0. The van der Waals surface area contributed by atoms with E-state index in [0.29, 0.717) is 44.5 Å². The maximum atomic E-state index is 13.0. The third kappa shape index (κ3) is 4.68. The van der Waals surface area contributed by atoms with E-state index in [1.807, 2.05) is 42.2 Å². The molecule has 0 unspecified atom stereocenters. The molecule has 1 fully saturated rings. The molecule has 0 spiro atoms. The third-order valence-electron chi connectivity index (χ3n) is 5.32. The molecule has 8 nitrogen and oxygen atoms in total. The average molecular weight is 455 g/mol. The molecular formula is C23H26N4O4S. The van der Waals surface area contributed by atoms with Gasteiger partial charge in [0.2, 0.25) is 16.0 Å². The molecule has 1 aliphatic rings. The number of sulfonamides is 1. The van der Waals surface area contributed by atoms with E-state index in [-0.39, 0.29) is 4.90 Å². The van der Waals surface area contributed by atoms with E-state index in [0.717, 1.165) is 17.0 Å². The van der Waals surface area contributed by atoms with Crippen LogP contribution in [-0.2, 0) is 10.0 Å².